The minimum absolute atomic E-state index is 0.0922. The lowest BCUT2D eigenvalue weighted by Crippen LogP contribution is -2.18. The van der Waals surface area contributed by atoms with Crippen molar-refractivity contribution in [2.24, 2.45) is 5.92 Å². The number of nitrogens with zero attached hydrogens (tertiary/aromatic N) is 2. The van der Waals surface area contributed by atoms with E-state index in [1.807, 2.05) is 28.8 Å². The van der Waals surface area contributed by atoms with Gasteiger partial charge in [0.15, 0.2) is 0 Å². The van der Waals surface area contributed by atoms with Crippen molar-refractivity contribution in [1.29, 1.82) is 0 Å². The second kappa shape index (κ2) is 10.5. The van der Waals surface area contributed by atoms with Gasteiger partial charge in [0, 0.05) is 35.6 Å². The molecular formula is C25H27ClN4O2. The number of carbonyl (C=O) groups is 2. The van der Waals surface area contributed by atoms with Crippen molar-refractivity contribution in [3.63, 3.8) is 0 Å². The van der Waals surface area contributed by atoms with Crippen LogP contribution in [0.15, 0.2) is 61.1 Å². The molecule has 2 N–H and O–H groups in total. The van der Waals surface area contributed by atoms with Crippen LogP contribution in [-0.4, -0.2) is 21.4 Å². The smallest absolute Gasteiger partial charge is 0.275 e. The lowest BCUT2D eigenvalue weighted by molar-refractivity contribution is -0.117. The third-order valence-corrected chi connectivity index (χ3v) is 5.99. The van der Waals surface area contributed by atoms with Crippen molar-refractivity contribution >= 4 is 34.8 Å². The van der Waals surface area contributed by atoms with E-state index in [0.29, 0.717) is 35.3 Å². The zero-order chi connectivity index (χ0) is 22.3. The van der Waals surface area contributed by atoms with Crippen molar-refractivity contribution in [3.05, 3.63) is 77.3 Å². The Labute approximate surface area is 193 Å². The molecule has 1 aliphatic carbocycles. The molecule has 0 saturated heterocycles. The summed E-state index contributed by atoms with van der Waals surface area (Å²) in [4.78, 5) is 28.9. The van der Waals surface area contributed by atoms with Crippen LogP contribution in [0.3, 0.4) is 0 Å². The largest absolute Gasteiger partial charge is 0.332 e. The van der Waals surface area contributed by atoms with Crippen LogP contribution in [0.1, 0.15) is 54.6 Å². The Hall–Kier alpha value is -3.12. The number of halogens is 1. The van der Waals surface area contributed by atoms with E-state index in [0.717, 1.165) is 24.1 Å². The van der Waals surface area contributed by atoms with Crippen LogP contribution in [0, 0.1) is 5.92 Å². The molecule has 1 heterocycles. The summed E-state index contributed by atoms with van der Waals surface area (Å²) in [5.74, 6) is 0.325. The molecule has 3 aromatic rings. The number of carbonyl (C=O) groups excluding carboxylic acids is 2. The Morgan fingerprint density at radius 1 is 1.00 bits per heavy atom. The highest BCUT2D eigenvalue weighted by Crippen LogP contribution is 2.26. The van der Waals surface area contributed by atoms with Crippen LogP contribution in [-0.2, 0) is 11.3 Å². The molecule has 2 aromatic carbocycles. The van der Waals surface area contributed by atoms with Gasteiger partial charge in [0.2, 0.25) is 5.91 Å². The summed E-state index contributed by atoms with van der Waals surface area (Å²) in [6.07, 6.45) is 10.1. The molecule has 1 fully saturated rings. The summed E-state index contributed by atoms with van der Waals surface area (Å²) in [7, 11) is 0. The fraction of sp³-hybridized carbons (Fsp3) is 0.320. The molecule has 32 heavy (non-hydrogen) atoms. The molecule has 1 aromatic heterocycles. The first-order valence-electron chi connectivity index (χ1n) is 11.0. The first-order chi connectivity index (χ1) is 15.5. The van der Waals surface area contributed by atoms with E-state index in [-0.39, 0.29) is 11.8 Å². The molecule has 0 unspecified atom stereocenters. The van der Waals surface area contributed by atoms with Gasteiger partial charge in [-0.1, -0.05) is 49.1 Å². The van der Waals surface area contributed by atoms with Gasteiger partial charge in [-0.25, -0.2) is 4.98 Å². The number of aromatic nitrogens is 2. The highest BCUT2D eigenvalue weighted by Gasteiger charge is 2.17. The van der Waals surface area contributed by atoms with Crippen molar-refractivity contribution in [2.45, 2.75) is 45.1 Å². The molecule has 7 heteroatoms. The molecular weight excluding hydrogens is 424 g/mol. The van der Waals surface area contributed by atoms with Gasteiger partial charge in [-0.2, -0.15) is 0 Å². The second-order valence-corrected chi connectivity index (χ2v) is 8.79. The SMILES string of the molecule is O=C(CC1CCCCC1)Nc1ccc(Cn2cnc(C(=O)Nc3cccc(Cl)c3)c2)cc1. The molecule has 2 amide bonds. The van der Waals surface area contributed by atoms with E-state index in [1.54, 1.807) is 36.8 Å². The highest BCUT2D eigenvalue weighted by molar-refractivity contribution is 6.30. The minimum Gasteiger partial charge on any atom is -0.332 e. The second-order valence-electron chi connectivity index (χ2n) is 8.35. The van der Waals surface area contributed by atoms with E-state index < -0.39 is 0 Å². The summed E-state index contributed by atoms with van der Waals surface area (Å²) < 4.78 is 1.85. The Morgan fingerprint density at radius 2 is 1.78 bits per heavy atom. The summed E-state index contributed by atoms with van der Waals surface area (Å²) in [6.45, 7) is 0.577. The lowest BCUT2D eigenvalue weighted by atomic mass is 9.87. The fourth-order valence-corrected chi connectivity index (χ4v) is 4.29. The van der Waals surface area contributed by atoms with Gasteiger partial charge in [-0.15, -0.1) is 0 Å². The Balaban J connectivity index is 1.29. The molecule has 0 spiro atoms. The summed E-state index contributed by atoms with van der Waals surface area (Å²) >= 11 is 5.96. The van der Waals surface area contributed by atoms with Crippen LogP contribution in [0.5, 0.6) is 0 Å². The first kappa shape index (κ1) is 22.1. The highest BCUT2D eigenvalue weighted by atomic mass is 35.5. The third-order valence-electron chi connectivity index (χ3n) is 5.75. The van der Waals surface area contributed by atoms with Gasteiger partial charge in [0.1, 0.15) is 5.69 Å². The zero-order valence-electron chi connectivity index (χ0n) is 17.9. The van der Waals surface area contributed by atoms with Crippen molar-refractivity contribution in [1.82, 2.24) is 9.55 Å². The topological polar surface area (TPSA) is 76.0 Å². The van der Waals surface area contributed by atoms with Crippen molar-refractivity contribution < 1.29 is 9.59 Å². The Kier molecular flexibility index (Phi) is 7.22. The quantitative estimate of drug-likeness (QED) is 0.481. The number of hydrogen-bond acceptors (Lipinski definition) is 3. The van der Waals surface area contributed by atoms with E-state index in [1.165, 1.54) is 19.3 Å². The number of benzene rings is 2. The van der Waals surface area contributed by atoms with Crippen molar-refractivity contribution in [2.75, 3.05) is 10.6 Å². The van der Waals surface area contributed by atoms with Gasteiger partial charge in [0.25, 0.3) is 5.91 Å². The predicted molar refractivity (Wildman–Crippen MR) is 127 cm³/mol. The average Bonchev–Trinajstić information content (AvgIpc) is 3.24. The molecule has 0 aliphatic heterocycles. The molecule has 0 radical (unpaired) electrons. The van der Waals surface area contributed by atoms with Gasteiger partial charge in [-0.3, -0.25) is 9.59 Å². The third kappa shape index (κ3) is 6.20. The number of imidazole rings is 1. The van der Waals surface area contributed by atoms with Gasteiger partial charge < -0.3 is 15.2 Å². The van der Waals surface area contributed by atoms with Crippen LogP contribution >= 0.6 is 11.6 Å². The van der Waals surface area contributed by atoms with Crippen LogP contribution in [0.4, 0.5) is 11.4 Å². The maximum atomic E-state index is 12.4. The number of anilines is 2. The van der Waals surface area contributed by atoms with E-state index >= 15 is 0 Å². The van der Waals surface area contributed by atoms with E-state index in [9.17, 15) is 9.59 Å². The predicted octanol–water partition coefficient (Wildman–Crippen LogP) is 5.75. The number of rotatable bonds is 7. The zero-order valence-corrected chi connectivity index (χ0v) is 18.6. The van der Waals surface area contributed by atoms with E-state index in [4.69, 9.17) is 11.6 Å². The summed E-state index contributed by atoms with van der Waals surface area (Å²) in [5, 5.41) is 6.35. The molecule has 4 rings (SSSR count). The van der Waals surface area contributed by atoms with Crippen LogP contribution in [0.25, 0.3) is 0 Å². The number of nitrogens with one attached hydrogen (secondary N) is 2. The lowest BCUT2D eigenvalue weighted by Gasteiger charge is -2.20. The summed E-state index contributed by atoms with van der Waals surface area (Å²) in [6, 6.07) is 14.8. The number of amides is 2. The molecule has 1 saturated carbocycles. The van der Waals surface area contributed by atoms with Gasteiger partial charge >= 0.3 is 0 Å². The maximum Gasteiger partial charge on any atom is 0.275 e. The van der Waals surface area contributed by atoms with Crippen LogP contribution < -0.4 is 10.6 Å². The molecule has 0 bridgehead atoms. The van der Waals surface area contributed by atoms with Gasteiger partial charge in [-0.05, 0) is 54.7 Å². The summed E-state index contributed by atoms with van der Waals surface area (Å²) in [5.41, 5.74) is 2.81. The monoisotopic (exact) mass is 450 g/mol. The first-order valence-corrected chi connectivity index (χ1v) is 11.4. The molecule has 0 atom stereocenters. The number of hydrogen-bond donors (Lipinski definition) is 2. The van der Waals surface area contributed by atoms with Crippen LogP contribution in [0.2, 0.25) is 5.02 Å². The molecule has 1 aliphatic rings. The average molecular weight is 451 g/mol. The normalized spacial score (nSPS) is 14.2. The molecule has 6 nitrogen and oxygen atoms in total. The maximum absolute atomic E-state index is 12.4. The van der Waals surface area contributed by atoms with E-state index in [2.05, 4.69) is 15.6 Å². The standard InChI is InChI=1S/C25H27ClN4O2/c26-20-7-4-8-22(14-20)29-25(32)23-16-30(17-27-23)15-19-9-11-21(12-10-19)28-24(31)13-18-5-2-1-3-6-18/h4,7-12,14,16-18H,1-3,5-6,13,15H2,(H,28,31)(H,29,32). The minimum atomic E-state index is -0.290. The Morgan fingerprint density at radius 3 is 2.53 bits per heavy atom. The van der Waals surface area contributed by atoms with Gasteiger partial charge in [0.05, 0.1) is 6.33 Å². The molecule has 166 valence electrons. The van der Waals surface area contributed by atoms with Crippen molar-refractivity contribution in [3.8, 4) is 0 Å². The fourth-order valence-electron chi connectivity index (χ4n) is 4.09. The Bertz CT molecular complexity index is 1070.